The average Bonchev–Trinajstić information content (AvgIpc) is 2.36. The van der Waals surface area contributed by atoms with E-state index in [0.717, 1.165) is 31.8 Å². The van der Waals surface area contributed by atoms with E-state index in [4.69, 9.17) is 4.74 Å². The van der Waals surface area contributed by atoms with Gasteiger partial charge in [-0.25, -0.2) is 0 Å². The van der Waals surface area contributed by atoms with E-state index in [1.54, 1.807) is 0 Å². The standard InChI is InChI=1S/C14H27N3O2/c1-5-17(9-12(2)3)14(18)11-16-6-7-19-13(10-16)8-15-4/h13,15H,2,5-11H2,1,3-4H3. The monoisotopic (exact) mass is 269 g/mol. The van der Waals surface area contributed by atoms with Gasteiger partial charge in [-0.05, 0) is 20.9 Å². The molecule has 1 atom stereocenters. The minimum absolute atomic E-state index is 0.176. The van der Waals surface area contributed by atoms with Gasteiger partial charge in [-0.2, -0.15) is 0 Å². The third-order valence-electron chi connectivity index (χ3n) is 3.21. The zero-order chi connectivity index (χ0) is 14.3. The summed E-state index contributed by atoms with van der Waals surface area (Å²) in [5, 5.41) is 3.11. The van der Waals surface area contributed by atoms with Crippen LogP contribution in [0.4, 0.5) is 0 Å². The fraction of sp³-hybridized carbons (Fsp3) is 0.786. The van der Waals surface area contributed by atoms with E-state index < -0.39 is 0 Å². The molecule has 1 saturated heterocycles. The number of morpholine rings is 1. The van der Waals surface area contributed by atoms with Crippen LogP contribution in [0.5, 0.6) is 0 Å². The summed E-state index contributed by atoms with van der Waals surface area (Å²) in [4.78, 5) is 16.3. The second-order valence-electron chi connectivity index (χ2n) is 5.15. The number of hydrogen-bond acceptors (Lipinski definition) is 4. The molecule has 1 N–H and O–H groups in total. The van der Waals surface area contributed by atoms with Crippen LogP contribution >= 0.6 is 0 Å². The van der Waals surface area contributed by atoms with Crippen molar-refractivity contribution in [1.82, 2.24) is 15.1 Å². The molecule has 0 spiro atoms. The average molecular weight is 269 g/mol. The Morgan fingerprint density at radius 3 is 2.89 bits per heavy atom. The van der Waals surface area contributed by atoms with Crippen molar-refractivity contribution in [3.05, 3.63) is 12.2 Å². The summed E-state index contributed by atoms with van der Waals surface area (Å²) < 4.78 is 5.64. The molecule has 0 bridgehead atoms. The van der Waals surface area contributed by atoms with E-state index in [2.05, 4.69) is 16.8 Å². The molecule has 110 valence electrons. The fourth-order valence-corrected chi connectivity index (χ4v) is 2.27. The van der Waals surface area contributed by atoms with Crippen molar-refractivity contribution in [2.45, 2.75) is 20.0 Å². The highest BCUT2D eigenvalue weighted by Gasteiger charge is 2.23. The van der Waals surface area contributed by atoms with Gasteiger partial charge in [0.2, 0.25) is 5.91 Å². The first kappa shape index (κ1) is 16.1. The second kappa shape index (κ2) is 8.30. The molecule has 1 aliphatic heterocycles. The zero-order valence-electron chi connectivity index (χ0n) is 12.4. The quantitative estimate of drug-likeness (QED) is 0.677. The molecular weight excluding hydrogens is 242 g/mol. The lowest BCUT2D eigenvalue weighted by Gasteiger charge is -2.33. The number of carbonyl (C=O) groups is 1. The van der Waals surface area contributed by atoms with Gasteiger partial charge in [-0.3, -0.25) is 9.69 Å². The molecule has 1 unspecified atom stereocenters. The van der Waals surface area contributed by atoms with Crippen LogP contribution in [-0.2, 0) is 9.53 Å². The van der Waals surface area contributed by atoms with Crippen molar-refractivity contribution in [3.8, 4) is 0 Å². The molecule has 19 heavy (non-hydrogen) atoms. The summed E-state index contributed by atoms with van der Waals surface area (Å²) in [6, 6.07) is 0. The molecule has 0 saturated carbocycles. The Bertz CT molecular complexity index is 305. The van der Waals surface area contributed by atoms with Gasteiger partial charge in [0.05, 0.1) is 19.3 Å². The van der Waals surface area contributed by atoms with Gasteiger partial charge in [0, 0.05) is 32.7 Å². The molecule has 1 rings (SSSR count). The molecule has 5 nitrogen and oxygen atoms in total. The largest absolute Gasteiger partial charge is 0.374 e. The number of ether oxygens (including phenoxy) is 1. The van der Waals surface area contributed by atoms with E-state index in [-0.39, 0.29) is 12.0 Å². The molecule has 1 heterocycles. The first-order valence-corrected chi connectivity index (χ1v) is 6.97. The van der Waals surface area contributed by atoms with Gasteiger partial charge in [-0.15, -0.1) is 0 Å². The number of amides is 1. The van der Waals surface area contributed by atoms with Crippen LogP contribution in [0.15, 0.2) is 12.2 Å². The first-order valence-electron chi connectivity index (χ1n) is 6.97. The molecule has 0 aromatic carbocycles. The van der Waals surface area contributed by atoms with E-state index in [9.17, 15) is 4.79 Å². The zero-order valence-corrected chi connectivity index (χ0v) is 12.4. The Kier molecular flexibility index (Phi) is 7.05. The Morgan fingerprint density at radius 2 is 2.32 bits per heavy atom. The van der Waals surface area contributed by atoms with Crippen molar-refractivity contribution in [1.29, 1.82) is 0 Å². The number of likely N-dealkylation sites (N-methyl/N-ethyl adjacent to an activating group) is 2. The molecule has 5 heteroatoms. The predicted molar refractivity (Wildman–Crippen MR) is 77.2 cm³/mol. The number of carbonyl (C=O) groups excluding carboxylic acids is 1. The van der Waals surface area contributed by atoms with E-state index in [1.807, 2.05) is 25.8 Å². The third kappa shape index (κ3) is 5.72. The van der Waals surface area contributed by atoms with Gasteiger partial charge in [0.1, 0.15) is 0 Å². The maximum absolute atomic E-state index is 12.2. The van der Waals surface area contributed by atoms with E-state index in [0.29, 0.717) is 19.7 Å². The van der Waals surface area contributed by atoms with Crippen molar-refractivity contribution < 1.29 is 9.53 Å². The van der Waals surface area contributed by atoms with Gasteiger partial charge < -0.3 is 15.0 Å². The number of hydrogen-bond donors (Lipinski definition) is 1. The van der Waals surface area contributed by atoms with Gasteiger partial charge in [0.25, 0.3) is 0 Å². The third-order valence-corrected chi connectivity index (χ3v) is 3.21. The van der Waals surface area contributed by atoms with Crippen LogP contribution in [-0.4, -0.2) is 74.7 Å². The Hall–Kier alpha value is -0.910. The Balaban J connectivity index is 2.43. The first-order chi connectivity index (χ1) is 9.06. The summed E-state index contributed by atoms with van der Waals surface area (Å²) in [7, 11) is 1.92. The van der Waals surface area contributed by atoms with E-state index in [1.165, 1.54) is 0 Å². The van der Waals surface area contributed by atoms with Crippen LogP contribution in [0, 0.1) is 0 Å². The second-order valence-corrected chi connectivity index (χ2v) is 5.15. The predicted octanol–water partition coefficient (Wildman–Crippen LogP) is 0.331. The Labute approximate surface area is 116 Å². The summed E-state index contributed by atoms with van der Waals surface area (Å²) in [6.45, 7) is 12.9. The topological polar surface area (TPSA) is 44.8 Å². The van der Waals surface area contributed by atoms with Crippen LogP contribution in [0.2, 0.25) is 0 Å². The fourth-order valence-electron chi connectivity index (χ4n) is 2.27. The maximum Gasteiger partial charge on any atom is 0.237 e. The lowest BCUT2D eigenvalue weighted by molar-refractivity contribution is -0.133. The van der Waals surface area contributed by atoms with E-state index >= 15 is 0 Å². The van der Waals surface area contributed by atoms with Gasteiger partial charge >= 0.3 is 0 Å². The molecule has 1 aliphatic rings. The van der Waals surface area contributed by atoms with Crippen LogP contribution in [0.1, 0.15) is 13.8 Å². The molecular formula is C14H27N3O2. The smallest absolute Gasteiger partial charge is 0.237 e. The summed E-state index contributed by atoms with van der Waals surface area (Å²) in [5.74, 6) is 0.176. The van der Waals surface area contributed by atoms with Gasteiger partial charge in [-0.1, -0.05) is 12.2 Å². The minimum atomic E-state index is 0.176. The van der Waals surface area contributed by atoms with Crippen molar-refractivity contribution >= 4 is 5.91 Å². The summed E-state index contributed by atoms with van der Waals surface area (Å²) >= 11 is 0. The van der Waals surface area contributed by atoms with Crippen molar-refractivity contribution in [3.63, 3.8) is 0 Å². The molecule has 0 aliphatic carbocycles. The number of rotatable bonds is 7. The van der Waals surface area contributed by atoms with Crippen LogP contribution < -0.4 is 5.32 Å². The van der Waals surface area contributed by atoms with Crippen molar-refractivity contribution in [2.24, 2.45) is 0 Å². The summed E-state index contributed by atoms with van der Waals surface area (Å²) in [6.07, 6.45) is 0.183. The highest BCUT2D eigenvalue weighted by atomic mass is 16.5. The molecule has 0 radical (unpaired) electrons. The molecule has 1 fully saturated rings. The number of nitrogens with one attached hydrogen (secondary N) is 1. The molecule has 0 aromatic rings. The SMILES string of the molecule is C=C(C)CN(CC)C(=O)CN1CCOC(CNC)C1. The molecule has 0 aromatic heterocycles. The molecule has 1 amide bonds. The minimum Gasteiger partial charge on any atom is -0.374 e. The Morgan fingerprint density at radius 1 is 1.58 bits per heavy atom. The van der Waals surface area contributed by atoms with Gasteiger partial charge in [0.15, 0.2) is 0 Å². The highest BCUT2D eigenvalue weighted by molar-refractivity contribution is 5.78. The van der Waals surface area contributed by atoms with Crippen molar-refractivity contribution in [2.75, 3.05) is 52.9 Å². The lowest BCUT2D eigenvalue weighted by Crippen LogP contribution is -2.50. The summed E-state index contributed by atoms with van der Waals surface area (Å²) in [5.41, 5.74) is 1.02. The van der Waals surface area contributed by atoms with Crippen LogP contribution in [0.25, 0.3) is 0 Å². The normalized spacial score (nSPS) is 20.3. The van der Waals surface area contributed by atoms with Crippen LogP contribution in [0.3, 0.4) is 0 Å². The lowest BCUT2D eigenvalue weighted by atomic mass is 10.2. The highest BCUT2D eigenvalue weighted by Crippen LogP contribution is 2.06. The number of nitrogens with zero attached hydrogens (tertiary/aromatic N) is 2. The maximum atomic E-state index is 12.2.